The Morgan fingerprint density at radius 2 is 2.43 bits per heavy atom. The molecule has 2 unspecified atom stereocenters. The summed E-state index contributed by atoms with van der Waals surface area (Å²) < 4.78 is 4.65. The summed E-state index contributed by atoms with van der Waals surface area (Å²) in [6.45, 7) is 3.80. The molecule has 0 spiro atoms. The van der Waals surface area contributed by atoms with Crippen molar-refractivity contribution in [3.63, 3.8) is 0 Å². The molecule has 0 aromatic heterocycles. The first-order valence-corrected chi connectivity index (χ1v) is 5.21. The molecule has 0 amide bonds. The van der Waals surface area contributed by atoms with Gasteiger partial charge < -0.3 is 10.5 Å². The number of ether oxygens (including phenoxy) is 1. The molecule has 1 aliphatic heterocycles. The average molecular weight is 200 g/mol. The number of likely N-dealkylation sites (tertiary alicyclic amines) is 1. The molecule has 1 aliphatic rings. The molecule has 0 bridgehead atoms. The second kappa shape index (κ2) is 5.32. The maximum Gasteiger partial charge on any atom is 0.307 e. The van der Waals surface area contributed by atoms with Gasteiger partial charge in [-0.05, 0) is 26.3 Å². The second-order valence-corrected chi connectivity index (χ2v) is 3.90. The number of nitrogens with two attached hydrogens (primary N) is 1. The Balaban J connectivity index is 2.42. The number of esters is 1. The quantitative estimate of drug-likeness (QED) is 0.666. The summed E-state index contributed by atoms with van der Waals surface area (Å²) in [6.07, 6.45) is 2.81. The van der Waals surface area contributed by atoms with E-state index in [9.17, 15) is 4.79 Å². The highest BCUT2D eigenvalue weighted by molar-refractivity contribution is 5.69. The van der Waals surface area contributed by atoms with Crippen LogP contribution in [0.15, 0.2) is 0 Å². The lowest BCUT2D eigenvalue weighted by molar-refractivity contribution is -0.141. The van der Waals surface area contributed by atoms with E-state index in [1.54, 1.807) is 0 Å². The van der Waals surface area contributed by atoms with Crippen LogP contribution >= 0.6 is 0 Å². The van der Waals surface area contributed by atoms with E-state index in [1.165, 1.54) is 13.5 Å². The Kier molecular flexibility index (Phi) is 4.35. The van der Waals surface area contributed by atoms with Crippen LogP contribution in [0.1, 0.15) is 26.2 Å². The van der Waals surface area contributed by atoms with Crippen LogP contribution < -0.4 is 5.73 Å². The van der Waals surface area contributed by atoms with Gasteiger partial charge in [0.25, 0.3) is 0 Å². The lowest BCUT2D eigenvalue weighted by Gasteiger charge is -2.29. The first-order chi connectivity index (χ1) is 6.69. The van der Waals surface area contributed by atoms with Crippen LogP contribution in [0.25, 0.3) is 0 Å². The van der Waals surface area contributed by atoms with E-state index in [4.69, 9.17) is 5.73 Å². The maximum absolute atomic E-state index is 11.1. The number of nitrogens with zero attached hydrogens (tertiary/aromatic N) is 1. The number of carbonyl (C=O) groups excluding carboxylic acids is 1. The van der Waals surface area contributed by atoms with Crippen molar-refractivity contribution < 1.29 is 9.53 Å². The Labute approximate surface area is 85.4 Å². The molecule has 0 aromatic carbocycles. The van der Waals surface area contributed by atoms with Crippen LogP contribution in [0.5, 0.6) is 0 Å². The van der Waals surface area contributed by atoms with Crippen molar-refractivity contribution in [1.82, 2.24) is 4.90 Å². The summed E-state index contributed by atoms with van der Waals surface area (Å²) in [7, 11) is 1.43. The Morgan fingerprint density at radius 1 is 1.71 bits per heavy atom. The highest BCUT2D eigenvalue weighted by Gasteiger charge is 2.28. The predicted octanol–water partition coefficient (Wildman–Crippen LogP) is 0.361. The molecule has 1 fully saturated rings. The normalized spacial score (nSPS) is 24.9. The van der Waals surface area contributed by atoms with Gasteiger partial charge in [0, 0.05) is 18.6 Å². The van der Waals surface area contributed by atoms with Crippen LogP contribution in [0.2, 0.25) is 0 Å². The summed E-state index contributed by atoms with van der Waals surface area (Å²) in [4.78, 5) is 13.4. The number of carbonyl (C=O) groups is 1. The summed E-state index contributed by atoms with van der Waals surface area (Å²) in [5, 5.41) is 0. The topological polar surface area (TPSA) is 55.6 Å². The van der Waals surface area contributed by atoms with Crippen LogP contribution in [0.4, 0.5) is 0 Å². The van der Waals surface area contributed by atoms with Gasteiger partial charge in [0.1, 0.15) is 0 Å². The van der Waals surface area contributed by atoms with E-state index in [1.807, 2.05) is 0 Å². The van der Waals surface area contributed by atoms with Crippen molar-refractivity contribution in [2.75, 3.05) is 20.2 Å². The molecule has 0 saturated carbocycles. The summed E-state index contributed by atoms with van der Waals surface area (Å²) in [5.74, 6) is -0.139. The molecule has 0 aromatic rings. The van der Waals surface area contributed by atoms with Crippen LogP contribution in [0.3, 0.4) is 0 Å². The standard InChI is InChI=1S/C10H20N2O2/c1-8(6-10(13)14-2)12-5-3-4-9(12)7-11/h8-9H,3-7,11H2,1-2H3. The lowest BCUT2D eigenvalue weighted by atomic mass is 10.1. The highest BCUT2D eigenvalue weighted by Crippen LogP contribution is 2.20. The molecule has 1 rings (SSSR count). The third-order valence-electron chi connectivity index (χ3n) is 2.95. The number of hydrogen-bond donors (Lipinski definition) is 1. The van der Waals surface area contributed by atoms with Gasteiger partial charge in [-0.1, -0.05) is 0 Å². The molecule has 14 heavy (non-hydrogen) atoms. The third kappa shape index (κ3) is 2.69. The van der Waals surface area contributed by atoms with Crippen molar-refractivity contribution in [2.24, 2.45) is 5.73 Å². The second-order valence-electron chi connectivity index (χ2n) is 3.90. The van der Waals surface area contributed by atoms with Crippen LogP contribution in [0, 0.1) is 0 Å². The van der Waals surface area contributed by atoms with Gasteiger partial charge in [0.15, 0.2) is 0 Å². The minimum atomic E-state index is -0.139. The smallest absolute Gasteiger partial charge is 0.307 e. The Bertz CT molecular complexity index is 197. The average Bonchev–Trinajstić information content (AvgIpc) is 2.65. The van der Waals surface area contributed by atoms with E-state index in [0.717, 1.165) is 13.0 Å². The molecule has 0 radical (unpaired) electrons. The zero-order valence-electron chi connectivity index (χ0n) is 9.03. The minimum Gasteiger partial charge on any atom is -0.469 e. The molecule has 4 nitrogen and oxygen atoms in total. The summed E-state index contributed by atoms with van der Waals surface area (Å²) in [5.41, 5.74) is 5.67. The molecule has 2 N–H and O–H groups in total. The van der Waals surface area contributed by atoms with Gasteiger partial charge in [-0.15, -0.1) is 0 Å². The molecule has 4 heteroatoms. The zero-order chi connectivity index (χ0) is 10.6. The SMILES string of the molecule is COC(=O)CC(C)N1CCCC1CN. The zero-order valence-corrected chi connectivity index (χ0v) is 9.03. The van der Waals surface area contributed by atoms with Gasteiger partial charge in [-0.2, -0.15) is 0 Å². The predicted molar refractivity (Wildman–Crippen MR) is 54.9 cm³/mol. The fraction of sp³-hybridized carbons (Fsp3) is 0.900. The maximum atomic E-state index is 11.1. The van der Waals surface area contributed by atoms with Crippen molar-refractivity contribution in [3.05, 3.63) is 0 Å². The molecular weight excluding hydrogens is 180 g/mol. The van der Waals surface area contributed by atoms with Crippen molar-refractivity contribution in [1.29, 1.82) is 0 Å². The van der Waals surface area contributed by atoms with Gasteiger partial charge in [-0.25, -0.2) is 0 Å². The lowest BCUT2D eigenvalue weighted by Crippen LogP contribution is -2.42. The van der Waals surface area contributed by atoms with E-state index < -0.39 is 0 Å². The third-order valence-corrected chi connectivity index (χ3v) is 2.95. The number of hydrogen-bond acceptors (Lipinski definition) is 4. The molecule has 82 valence electrons. The highest BCUT2D eigenvalue weighted by atomic mass is 16.5. The minimum absolute atomic E-state index is 0.139. The van der Waals surface area contributed by atoms with Crippen molar-refractivity contribution in [2.45, 2.75) is 38.3 Å². The van der Waals surface area contributed by atoms with Gasteiger partial charge in [0.05, 0.1) is 13.5 Å². The molecule has 0 aliphatic carbocycles. The molecule has 1 saturated heterocycles. The van der Waals surface area contributed by atoms with Gasteiger partial charge >= 0.3 is 5.97 Å². The summed E-state index contributed by atoms with van der Waals surface area (Å²) >= 11 is 0. The van der Waals surface area contributed by atoms with E-state index in [-0.39, 0.29) is 12.0 Å². The van der Waals surface area contributed by atoms with Gasteiger partial charge in [0.2, 0.25) is 0 Å². The van der Waals surface area contributed by atoms with Crippen LogP contribution in [-0.4, -0.2) is 43.2 Å². The van der Waals surface area contributed by atoms with E-state index >= 15 is 0 Å². The monoisotopic (exact) mass is 200 g/mol. The molecule has 1 heterocycles. The van der Waals surface area contributed by atoms with E-state index in [2.05, 4.69) is 16.6 Å². The number of rotatable bonds is 4. The fourth-order valence-corrected chi connectivity index (χ4v) is 2.13. The first-order valence-electron chi connectivity index (χ1n) is 5.21. The Hall–Kier alpha value is -0.610. The van der Waals surface area contributed by atoms with Crippen molar-refractivity contribution >= 4 is 5.97 Å². The number of methoxy groups -OCH3 is 1. The largest absolute Gasteiger partial charge is 0.469 e. The molecule has 2 atom stereocenters. The fourth-order valence-electron chi connectivity index (χ4n) is 2.13. The van der Waals surface area contributed by atoms with Crippen molar-refractivity contribution in [3.8, 4) is 0 Å². The molecular formula is C10H20N2O2. The van der Waals surface area contributed by atoms with E-state index in [0.29, 0.717) is 19.0 Å². The first kappa shape index (κ1) is 11.5. The Morgan fingerprint density at radius 3 is 3.00 bits per heavy atom. The van der Waals surface area contributed by atoms with Gasteiger partial charge in [-0.3, -0.25) is 9.69 Å². The van der Waals surface area contributed by atoms with Crippen LogP contribution in [-0.2, 0) is 9.53 Å². The summed E-state index contributed by atoms with van der Waals surface area (Å²) in [6, 6.07) is 0.702.